The van der Waals surface area contributed by atoms with Gasteiger partial charge in [0.15, 0.2) is 0 Å². The van der Waals surface area contributed by atoms with Crippen molar-refractivity contribution in [3.63, 3.8) is 0 Å². The molecule has 0 aliphatic carbocycles. The Balaban J connectivity index is 2.04. The second kappa shape index (κ2) is 7.59. The number of aromatic nitrogens is 2. The van der Waals surface area contributed by atoms with Gasteiger partial charge in [-0.2, -0.15) is 0 Å². The summed E-state index contributed by atoms with van der Waals surface area (Å²) in [7, 11) is 2.16. The van der Waals surface area contributed by atoms with Crippen molar-refractivity contribution >= 4 is 11.6 Å². The zero-order valence-electron chi connectivity index (χ0n) is 13.9. The molecule has 5 nitrogen and oxygen atoms in total. The van der Waals surface area contributed by atoms with E-state index in [4.69, 9.17) is 0 Å². The van der Waals surface area contributed by atoms with Crippen LogP contribution in [0.5, 0.6) is 0 Å². The second-order valence-corrected chi connectivity index (χ2v) is 5.86. The first-order valence-electron chi connectivity index (χ1n) is 8.18. The first kappa shape index (κ1) is 16.0. The summed E-state index contributed by atoms with van der Waals surface area (Å²) in [5.74, 6) is 2.82. The number of nitrogens with one attached hydrogen (secondary N) is 1. The molecule has 0 unspecified atom stereocenters. The van der Waals surface area contributed by atoms with Gasteiger partial charge < -0.3 is 15.1 Å². The van der Waals surface area contributed by atoms with Crippen LogP contribution in [-0.4, -0.2) is 54.1 Å². The smallest absolute Gasteiger partial charge is 0.134 e. The first-order valence-corrected chi connectivity index (χ1v) is 8.18. The van der Waals surface area contributed by atoms with Crippen LogP contribution in [0.15, 0.2) is 6.07 Å². The van der Waals surface area contributed by atoms with Crippen molar-refractivity contribution in [2.45, 2.75) is 46.1 Å². The number of nitrogens with zero attached hydrogens (tertiary/aromatic N) is 4. The molecule has 1 saturated heterocycles. The zero-order chi connectivity index (χ0) is 15.2. The summed E-state index contributed by atoms with van der Waals surface area (Å²) >= 11 is 0. The quantitative estimate of drug-likeness (QED) is 0.872. The van der Waals surface area contributed by atoms with Crippen LogP contribution in [0.1, 0.15) is 38.9 Å². The van der Waals surface area contributed by atoms with Crippen LogP contribution in [0.2, 0.25) is 0 Å². The summed E-state index contributed by atoms with van der Waals surface area (Å²) in [6.07, 6.45) is 3.53. The van der Waals surface area contributed by atoms with Crippen LogP contribution in [0.3, 0.4) is 0 Å². The molecule has 1 N–H and O–H groups in total. The fourth-order valence-corrected chi connectivity index (χ4v) is 2.89. The maximum atomic E-state index is 4.62. The van der Waals surface area contributed by atoms with E-state index in [2.05, 4.69) is 52.0 Å². The highest BCUT2D eigenvalue weighted by molar-refractivity contribution is 5.49. The van der Waals surface area contributed by atoms with Gasteiger partial charge in [0.2, 0.25) is 0 Å². The molecule has 0 saturated carbocycles. The Morgan fingerprint density at radius 3 is 2.62 bits per heavy atom. The molecular weight excluding hydrogens is 262 g/mol. The lowest BCUT2D eigenvalue weighted by molar-refractivity contribution is 0.220. The van der Waals surface area contributed by atoms with E-state index >= 15 is 0 Å². The topological polar surface area (TPSA) is 44.3 Å². The van der Waals surface area contributed by atoms with Crippen LogP contribution >= 0.6 is 0 Å². The Kier molecular flexibility index (Phi) is 5.79. The van der Waals surface area contributed by atoms with Crippen LogP contribution in [-0.2, 0) is 0 Å². The number of rotatable bonds is 6. The van der Waals surface area contributed by atoms with Gasteiger partial charge in [0.05, 0.1) is 0 Å². The van der Waals surface area contributed by atoms with Crippen LogP contribution in [0.4, 0.5) is 11.6 Å². The number of anilines is 2. The molecule has 2 rings (SSSR count). The van der Waals surface area contributed by atoms with Gasteiger partial charge in [-0.1, -0.05) is 13.8 Å². The monoisotopic (exact) mass is 291 g/mol. The third kappa shape index (κ3) is 4.30. The molecule has 5 heteroatoms. The summed E-state index contributed by atoms with van der Waals surface area (Å²) in [6, 6.07) is 2.66. The van der Waals surface area contributed by atoms with Crippen LogP contribution in [0, 0.1) is 6.92 Å². The van der Waals surface area contributed by atoms with Crippen LogP contribution in [0.25, 0.3) is 0 Å². The third-order valence-corrected chi connectivity index (χ3v) is 4.29. The Hall–Kier alpha value is -1.36. The molecule has 0 amide bonds. The highest BCUT2D eigenvalue weighted by Crippen LogP contribution is 2.22. The van der Waals surface area contributed by atoms with E-state index in [0.717, 1.165) is 37.0 Å². The molecule has 1 aromatic heterocycles. The highest BCUT2D eigenvalue weighted by Gasteiger charge is 2.22. The molecule has 0 radical (unpaired) electrons. The summed E-state index contributed by atoms with van der Waals surface area (Å²) in [6.45, 7) is 10.9. The Bertz CT molecular complexity index is 440. The van der Waals surface area contributed by atoms with Gasteiger partial charge in [-0.3, -0.25) is 0 Å². The van der Waals surface area contributed by atoms with Crippen molar-refractivity contribution < 1.29 is 0 Å². The number of likely N-dealkylation sites (tertiary alicyclic amines) is 1. The number of hydrogen-bond donors (Lipinski definition) is 1. The summed E-state index contributed by atoms with van der Waals surface area (Å²) in [5, 5.41) is 3.36. The van der Waals surface area contributed by atoms with Crippen molar-refractivity contribution in [3.05, 3.63) is 11.9 Å². The normalized spacial score (nSPS) is 17.0. The average Bonchev–Trinajstić information content (AvgIpc) is 2.51. The zero-order valence-corrected chi connectivity index (χ0v) is 13.9. The van der Waals surface area contributed by atoms with Crippen molar-refractivity contribution in [1.82, 2.24) is 14.9 Å². The second-order valence-electron chi connectivity index (χ2n) is 5.86. The predicted octanol–water partition coefficient (Wildman–Crippen LogP) is 2.53. The number of piperidine rings is 1. The van der Waals surface area contributed by atoms with Crippen molar-refractivity contribution in [1.29, 1.82) is 0 Å². The minimum atomic E-state index is 0.584. The maximum Gasteiger partial charge on any atom is 0.134 e. The molecule has 0 bridgehead atoms. The Morgan fingerprint density at radius 1 is 1.29 bits per heavy atom. The van der Waals surface area contributed by atoms with E-state index in [9.17, 15) is 0 Å². The van der Waals surface area contributed by atoms with Crippen molar-refractivity contribution in [2.24, 2.45) is 0 Å². The van der Waals surface area contributed by atoms with Crippen molar-refractivity contribution in [2.75, 3.05) is 43.4 Å². The number of aryl methyl sites for hydroxylation is 1. The lowest BCUT2D eigenvalue weighted by atomic mass is 10.0. The Morgan fingerprint density at radius 2 is 2.00 bits per heavy atom. The molecule has 1 aliphatic rings. The fourth-order valence-electron chi connectivity index (χ4n) is 2.89. The average molecular weight is 291 g/mol. The minimum Gasteiger partial charge on any atom is -0.370 e. The number of hydrogen-bond acceptors (Lipinski definition) is 5. The lowest BCUT2D eigenvalue weighted by Gasteiger charge is -2.37. The van der Waals surface area contributed by atoms with Gasteiger partial charge in [0.1, 0.15) is 17.5 Å². The summed E-state index contributed by atoms with van der Waals surface area (Å²) < 4.78 is 0. The predicted molar refractivity (Wildman–Crippen MR) is 89.1 cm³/mol. The van der Waals surface area contributed by atoms with Gasteiger partial charge >= 0.3 is 0 Å². The van der Waals surface area contributed by atoms with E-state index in [-0.39, 0.29) is 0 Å². The van der Waals surface area contributed by atoms with E-state index in [1.54, 1.807) is 0 Å². The summed E-state index contributed by atoms with van der Waals surface area (Å²) in [5.41, 5.74) is 0. The lowest BCUT2D eigenvalue weighted by Crippen LogP contribution is -2.43. The van der Waals surface area contributed by atoms with E-state index in [1.807, 2.05) is 6.92 Å². The molecular formula is C16H29N5. The third-order valence-electron chi connectivity index (χ3n) is 4.29. The molecule has 2 heterocycles. The highest BCUT2D eigenvalue weighted by atomic mass is 15.2. The molecule has 1 fully saturated rings. The molecule has 118 valence electrons. The molecule has 21 heavy (non-hydrogen) atoms. The van der Waals surface area contributed by atoms with E-state index in [0.29, 0.717) is 6.04 Å². The van der Waals surface area contributed by atoms with E-state index < -0.39 is 0 Å². The minimum absolute atomic E-state index is 0.584. The molecule has 1 aliphatic heterocycles. The standard InChI is InChI=1S/C16H29N5/c1-5-9-17-15-12-16(19-13(3)18-15)20(4)14-7-10-21(6-2)11-8-14/h12,14H,5-11H2,1-4H3,(H,17,18,19). The summed E-state index contributed by atoms with van der Waals surface area (Å²) in [4.78, 5) is 13.9. The van der Waals surface area contributed by atoms with Gasteiger partial charge in [-0.25, -0.2) is 9.97 Å². The molecule has 0 aromatic carbocycles. The maximum absolute atomic E-state index is 4.62. The first-order chi connectivity index (χ1) is 10.1. The molecule has 0 atom stereocenters. The molecule has 0 spiro atoms. The Labute approximate surface area is 128 Å². The fraction of sp³-hybridized carbons (Fsp3) is 0.750. The van der Waals surface area contributed by atoms with E-state index in [1.165, 1.54) is 25.9 Å². The SMILES string of the molecule is CCCNc1cc(N(C)C2CCN(CC)CC2)nc(C)n1. The van der Waals surface area contributed by atoms with Gasteiger partial charge in [0.25, 0.3) is 0 Å². The molecule has 1 aromatic rings. The van der Waals surface area contributed by atoms with Gasteiger partial charge in [-0.15, -0.1) is 0 Å². The largest absolute Gasteiger partial charge is 0.370 e. The van der Waals surface area contributed by atoms with Gasteiger partial charge in [-0.05, 0) is 32.7 Å². The van der Waals surface area contributed by atoms with Gasteiger partial charge in [0, 0.05) is 38.8 Å². The van der Waals surface area contributed by atoms with Crippen LogP contribution < -0.4 is 10.2 Å². The van der Waals surface area contributed by atoms with Crippen molar-refractivity contribution in [3.8, 4) is 0 Å².